The summed E-state index contributed by atoms with van der Waals surface area (Å²) in [5, 5.41) is 15.8. The predicted molar refractivity (Wildman–Crippen MR) is 82.1 cm³/mol. The Balaban J connectivity index is 1.63. The standard InChI is InChI=1S/C16H17N3O4/c20-15(21)9-19-14(8-13(18-19)12-6-7-12)17-16(22)23-10-11-4-2-1-3-5-11/h1-5,8,12H,6-7,9-10H2,(H,17,22)(H,20,21). The molecule has 1 amide bonds. The molecule has 1 aliphatic carbocycles. The number of nitrogens with zero attached hydrogens (tertiary/aromatic N) is 2. The van der Waals surface area contributed by atoms with Gasteiger partial charge in [-0.25, -0.2) is 9.48 Å². The van der Waals surface area contributed by atoms with Gasteiger partial charge in [0.15, 0.2) is 0 Å². The van der Waals surface area contributed by atoms with Gasteiger partial charge in [0, 0.05) is 12.0 Å². The Labute approximate surface area is 132 Å². The molecule has 1 aromatic carbocycles. The van der Waals surface area contributed by atoms with Gasteiger partial charge in [-0.3, -0.25) is 10.1 Å². The minimum Gasteiger partial charge on any atom is -0.480 e. The van der Waals surface area contributed by atoms with Crippen molar-refractivity contribution in [3.8, 4) is 0 Å². The van der Waals surface area contributed by atoms with Crippen LogP contribution in [-0.2, 0) is 22.7 Å². The number of rotatable bonds is 6. The van der Waals surface area contributed by atoms with Crippen molar-refractivity contribution in [2.24, 2.45) is 0 Å². The van der Waals surface area contributed by atoms with Crippen molar-refractivity contribution < 1.29 is 19.4 Å². The van der Waals surface area contributed by atoms with E-state index < -0.39 is 12.1 Å². The number of carboxylic acid groups (broad SMARTS) is 1. The van der Waals surface area contributed by atoms with Gasteiger partial charge in [-0.2, -0.15) is 5.10 Å². The fourth-order valence-electron chi connectivity index (χ4n) is 2.23. The molecule has 1 heterocycles. The second-order valence-corrected chi connectivity index (χ2v) is 5.47. The Morgan fingerprint density at radius 3 is 2.70 bits per heavy atom. The predicted octanol–water partition coefficient (Wildman–Crippen LogP) is 2.59. The summed E-state index contributed by atoms with van der Waals surface area (Å²) in [5.41, 5.74) is 1.69. The number of aliphatic carboxylic acids is 1. The number of carboxylic acids is 1. The smallest absolute Gasteiger partial charge is 0.413 e. The Kier molecular flexibility index (Phi) is 4.27. The fourth-order valence-corrected chi connectivity index (χ4v) is 2.23. The monoisotopic (exact) mass is 315 g/mol. The van der Waals surface area contributed by atoms with Crippen molar-refractivity contribution in [3.05, 3.63) is 47.7 Å². The Bertz CT molecular complexity index is 707. The molecule has 0 bridgehead atoms. The molecule has 0 spiro atoms. The molecule has 1 aromatic heterocycles. The fraction of sp³-hybridized carbons (Fsp3) is 0.312. The third-order valence-corrected chi connectivity index (χ3v) is 3.52. The molecule has 0 aliphatic heterocycles. The molecule has 7 heteroatoms. The molecular weight excluding hydrogens is 298 g/mol. The summed E-state index contributed by atoms with van der Waals surface area (Å²) in [6, 6.07) is 11.0. The van der Waals surface area contributed by atoms with Gasteiger partial charge in [-0.05, 0) is 18.4 Å². The number of amides is 1. The number of carbonyl (C=O) groups excluding carboxylic acids is 1. The van der Waals surface area contributed by atoms with Gasteiger partial charge in [-0.15, -0.1) is 0 Å². The highest BCUT2D eigenvalue weighted by Crippen LogP contribution is 2.40. The van der Waals surface area contributed by atoms with Gasteiger partial charge in [0.25, 0.3) is 0 Å². The number of hydrogen-bond donors (Lipinski definition) is 2. The van der Waals surface area contributed by atoms with Crippen molar-refractivity contribution in [1.29, 1.82) is 0 Å². The summed E-state index contributed by atoms with van der Waals surface area (Å²) < 4.78 is 6.42. The lowest BCUT2D eigenvalue weighted by atomic mass is 10.2. The quantitative estimate of drug-likeness (QED) is 0.854. The molecule has 2 N–H and O–H groups in total. The summed E-state index contributed by atoms with van der Waals surface area (Å²) in [6.07, 6.45) is 1.45. The third kappa shape index (κ3) is 4.09. The number of ether oxygens (including phenoxy) is 1. The largest absolute Gasteiger partial charge is 0.480 e. The maximum absolute atomic E-state index is 11.9. The van der Waals surface area contributed by atoms with Crippen molar-refractivity contribution in [2.45, 2.75) is 31.9 Å². The van der Waals surface area contributed by atoms with Gasteiger partial charge >= 0.3 is 12.1 Å². The zero-order valence-electron chi connectivity index (χ0n) is 12.4. The van der Waals surface area contributed by atoms with Gasteiger partial charge in [0.1, 0.15) is 19.0 Å². The zero-order chi connectivity index (χ0) is 16.2. The van der Waals surface area contributed by atoms with Crippen molar-refractivity contribution in [3.63, 3.8) is 0 Å². The number of benzene rings is 1. The SMILES string of the molecule is O=C(O)Cn1nc(C2CC2)cc1NC(=O)OCc1ccccc1. The summed E-state index contributed by atoms with van der Waals surface area (Å²) in [7, 11) is 0. The molecule has 0 atom stereocenters. The lowest BCUT2D eigenvalue weighted by molar-refractivity contribution is -0.137. The molecule has 1 saturated carbocycles. The Morgan fingerprint density at radius 1 is 1.30 bits per heavy atom. The number of carbonyl (C=O) groups is 2. The zero-order valence-corrected chi connectivity index (χ0v) is 12.4. The van der Waals surface area contributed by atoms with E-state index in [2.05, 4.69) is 10.4 Å². The lowest BCUT2D eigenvalue weighted by Gasteiger charge is -2.08. The Morgan fingerprint density at radius 2 is 2.04 bits per heavy atom. The molecule has 1 aliphatic rings. The lowest BCUT2D eigenvalue weighted by Crippen LogP contribution is -2.19. The number of nitrogens with one attached hydrogen (secondary N) is 1. The first-order valence-corrected chi connectivity index (χ1v) is 7.39. The summed E-state index contributed by atoms with van der Waals surface area (Å²) in [5.74, 6) is -0.311. The second kappa shape index (κ2) is 6.51. The van der Waals surface area contributed by atoms with E-state index in [1.54, 1.807) is 6.07 Å². The molecule has 120 valence electrons. The molecular formula is C16H17N3O4. The van der Waals surface area contributed by atoms with E-state index in [0.29, 0.717) is 11.7 Å². The van der Waals surface area contributed by atoms with Gasteiger partial charge in [0.2, 0.25) is 0 Å². The summed E-state index contributed by atoms with van der Waals surface area (Å²) >= 11 is 0. The number of hydrogen-bond acceptors (Lipinski definition) is 4. The summed E-state index contributed by atoms with van der Waals surface area (Å²) in [4.78, 5) is 22.8. The van der Waals surface area contributed by atoms with Crippen LogP contribution in [0.5, 0.6) is 0 Å². The normalized spacial score (nSPS) is 13.6. The third-order valence-electron chi connectivity index (χ3n) is 3.52. The van der Waals surface area contributed by atoms with Crippen LogP contribution < -0.4 is 5.32 Å². The van der Waals surface area contributed by atoms with E-state index >= 15 is 0 Å². The Hall–Kier alpha value is -2.83. The minimum absolute atomic E-state index is 0.148. The van der Waals surface area contributed by atoms with E-state index in [-0.39, 0.29) is 13.2 Å². The minimum atomic E-state index is -1.02. The molecule has 1 fully saturated rings. The first-order chi connectivity index (χ1) is 11.1. The van der Waals surface area contributed by atoms with E-state index in [1.165, 1.54) is 4.68 Å². The highest BCUT2D eigenvalue weighted by molar-refractivity contribution is 5.84. The van der Waals surface area contributed by atoms with Crippen molar-refractivity contribution in [2.75, 3.05) is 5.32 Å². The van der Waals surface area contributed by atoms with Gasteiger partial charge in [-0.1, -0.05) is 30.3 Å². The highest BCUT2D eigenvalue weighted by Gasteiger charge is 2.28. The number of aromatic nitrogens is 2. The number of anilines is 1. The molecule has 0 unspecified atom stereocenters. The molecule has 0 saturated heterocycles. The van der Waals surface area contributed by atoms with Crippen LogP contribution in [0.4, 0.5) is 10.6 Å². The average molecular weight is 315 g/mol. The maximum atomic E-state index is 11.9. The van der Waals surface area contributed by atoms with Gasteiger partial charge < -0.3 is 9.84 Å². The highest BCUT2D eigenvalue weighted by atomic mass is 16.5. The topological polar surface area (TPSA) is 93.5 Å². The van der Waals surface area contributed by atoms with Crippen LogP contribution in [0.3, 0.4) is 0 Å². The van der Waals surface area contributed by atoms with Crippen LogP contribution in [0, 0.1) is 0 Å². The van der Waals surface area contributed by atoms with Crippen LogP contribution in [0.1, 0.15) is 30.0 Å². The van der Waals surface area contributed by atoms with Crippen LogP contribution in [-0.4, -0.2) is 26.9 Å². The first-order valence-electron chi connectivity index (χ1n) is 7.39. The molecule has 3 rings (SSSR count). The first kappa shape index (κ1) is 15.1. The molecule has 0 radical (unpaired) electrons. The second-order valence-electron chi connectivity index (χ2n) is 5.47. The average Bonchev–Trinajstić information content (AvgIpc) is 3.30. The van der Waals surface area contributed by atoms with Crippen molar-refractivity contribution >= 4 is 17.9 Å². The van der Waals surface area contributed by atoms with E-state index in [4.69, 9.17) is 9.84 Å². The molecule has 7 nitrogen and oxygen atoms in total. The van der Waals surface area contributed by atoms with Crippen LogP contribution in [0.2, 0.25) is 0 Å². The van der Waals surface area contributed by atoms with Crippen LogP contribution >= 0.6 is 0 Å². The van der Waals surface area contributed by atoms with E-state index in [0.717, 1.165) is 24.1 Å². The van der Waals surface area contributed by atoms with E-state index in [9.17, 15) is 9.59 Å². The van der Waals surface area contributed by atoms with E-state index in [1.807, 2.05) is 30.3 Å². The van der Waals surface area contributed by atoms with Crippen LogP contribution in [0.15, 0.2) is 36.4 Å². The molecule has 23 heavy (non-hydrogen) atoms. The van der Waals surface area contributed by atoms with Gasteiger partial charge in [0.05, 0.1) is 5.69 Å². The maximum Gasteiger partial charge on any atom is 0.413 e. The van der Waals surface area contributed by atoms with Crippen LogP contribution in [0.25, 0.3) is 0 Å². The summed E-state index contributed by atoms with van der Waals surface area (Å²) in [6.45, 7) is -0.157. The molecule has 2 aromatic rings. The van der Waals surface area contributed by atoms with Crippen molar-refractivity contribution in [1.82, 2.24) is 9.78 Å².